The van der Waals surface area contributed by atoms with Gasteiger partial charge in [-0.15, -0.1) is 0 Å². The molecule has 0 bridgehead atoms. The number of hydrogen-bond acceptors (Lipinski definition) is 9. The minimum atomic E-state index is 0.117. The van der Waals surface area contributed by atoms with Crippen molar-refractivity contribution in [2.24, 2.45) is 5.92 Å². The molecule has 190 valence electrons. The van der Waals surface area contributed by atoms with Gasteiger partial charge in [-0.05, 0) is 55.8 Å². The van der Waals surface area contributed by atoms with Gasteiger partial charge in [0.25, 0.3) is 0 Å². The Hall–Kier alpha value is -3.31. The molecule has 0 unspecified atom stereocenters. The number of amides is 1. The molecule has 0 radical (unpaired) electrons. The molecule has 10 nitrogen and oxygen atoms in total. The van der Waals surface area contributed by atoms with Crippen LogP contribution in [0.5, 0.6) is 5.75 Å². The molecular weight excluding hydrogens is 478 g/mol. The second-order valence-electron chi connectivity index (χ2n) is 8.97. The summed E-state index contributed by atoms with van der Waals surface area (Å²) >= 11 is 1.45. The fourth-order valence-corrected chi connectivity index (χ4v) is 5.23. The van der Waals surface area contributed by atoms with E-state index in [0.29, 0.717) is 54.7 Å². The number of nitrogens with one attached hydrogen (secondary N) is 3. The number of anilines is 4. The van der Waals surface area contributed by atoms with E-state index in [-0.39, 0.29) is 11.8 Å². The first-order chi connectivity index (χ1) is 17.6. The van der Waals surface area contributed by atoms with E-state index in [0.717, 1.165) is 42.0 Å². The van der Waals surface area contributed by atoms with Crippen LogP contribution in [0.1, 0.15) is 31.4 Å². The number of ether oxygens (including phenoxy) is 2. The van der Waals surface area contributed by atoms with E-state index in [1.54, 1.807) is 7.11 Å². The maximum atomic E-state index is 12.5. The van der Waals surface area contributed by atoms with Crippen molar-refractivity contribution >= 4 is 40.8 Å². The van der Waals surface area contributed by atoms with Crippen LogP contribution >= 0.6 is 11.8 Å². The molecule has 1 aliphatic carbocycles. The first-order valence-corrected chi connectivity index (χ1v) is 13.1. The van der Waals surface area contributed by atoms with Crippen LogP contribution in [0.2, 0.25) is 0 Å². The Kier molecular flexibility index (Phi) is 7.57. The van der Waals surface area contributed by atoms with Gasteiger partial charge in [0.2, 0.25) is 11.7 Å². The number of hydrogen-bond donors (Lipinski definition) is 3. The summed E-state index contributed by atoms with van der Waals surface area (Å²) in [5, 5.41) is 14.1. The SMILES string of the molecule is COc1c(Nc2cc(C)[nH]n2)nc(Sc2ccc(NC(=O)C3CCCC3)cc2)nc1N1CCOCC1. The quantitative estimate of drug-likeness (QED) is 0.380. The zero-order valence-corrected chi connectivity index (χ0v) is 21.4. The van der Waals surface area contributed by atoms with Crippen molar-refractivity contribution < 1.29 is 14.3 Å². The number of carbonyl (C=O) groups excluding carboxylic acids is 1. The fourth-order valence-electron chi connectivity index (χ4n) is 4.47. The monoisotopic (exact) mass is 509 g/mol. The van der Waals surface area contributed by atoms with Crippen molar-refractivity contribution in [2.75, 3.05) is 48.9 Å². The number of aromatic nitrogens is 4. The molecule has 3 heterocycles. The molecule has 36 heavy (non-hydrogen) atoms. The summed E-state index contributed by atoms with van der Waals surface area (Å²) < 4.78 is 11.3. The second-order valence-corrected chi connectivity index (χ2v) is 10.0. The molecule has 1 aromatic carbocycles. The maximum Gasteiger partial charge on any atom is 0.227 e. The number of nitrogens with zero attached hydrogens (tertiary/aromatic N) is 4. The largest absolute Gasteiger partial charge is 0.490 e. The highest BCUT2D eigenvalue weighted by atomic mass is 32.2. The highest BCUT2D eigenvalue weighted by molar-refractivity contribution is 7.99. The average molecular weight is 510 g/mol. The number of carbonyl (C=O) groups is 1. The van der Waals surface area contributed by atoms with E-state index in [1.807, 2.05) is 37.3 Å². The smallest absolute Gasteiger partial charge is 0.227 e. The van der Waals surface area contributed by atoms with E-state index < -0.39 is 0 Å². The molecule has 11 heteroatoms. The summed E-state index contributed by atoms with van der Waals surface area (Å²) in [5.74, 6) is 2.72. The molecule has 2 aromatic heterocycles. The lowest BCUT2D eigenvalue weighted by atomic mass is 10.1. The van der Waals surface area contributed by atoms with Crippen LogP contribution in [0.3, 0.4) is 0 Å². The summed E-state index contributed by atoms with van der Waals surface area (Å²) in [5.41, 5.74) is 1.74. The minimum Gasteiger partial charge on any atom is -0.490 e. The number of aromatic amines is 1. The first-order valence-electron chi connectivity index (χ1n) is 12.3. The van der Waals surface area contributed by atoms with E-state index >= 15 is 0 Å². The van der Waals surface area contributed by atoms with Gasteiger partial charge in [0.15, 0.2) is 22.6 Å². The lowest BCUT2D eigenvalue weighted by Crippen LogP contribution is -2.37. The van der Waals surface area contributed by atoms with Crippen LogP contribution in [0.15, 0.2) is 40.4 Å². The predicted octanol–water partition coefficient (Wildman–Crippen LogP) is 4.38. The molecule has 1 aliphatic heterocycles. The summed E-state index contributed by atoms with van der Waals surface area (Å²) in [6.07, 6.45) is 4.24. The van der Waals surface area contributed by atoms with Crippen molar-refractivity contribution in [1.82, 2.24) is 20.2 Å². The first kappa shape index (κ1) is 24.4. The molecule has 2 fully saturated rings. The topological polar surface area (TPSA) is 117 Å². The van der Waals surface area contributed by atoms with Gasteiger partial charge in [-0.2, -0.15) is 5.10 Å². The van der Waals surface area contributed by atoms with Gasteiger partial charge in [0.05, 0.1) is 20.3 Å². The molecule has 5 rings (SSSR count). The number of methoxy groups -OCH3 is 1. The number of H-pyrrole nitrogens is 1. The van der Waals surface area contributed by atoms with Crippen LogP contribution in [0, 0.1) is 12.8 Å². The highest BCUT2D eigenvalue weighted by Gasteiger charge is 2.24. The Morgan fingerprint density at radius 3 is 2.58 bits per heavy atom. The van der Waals surface area contributed by atoms with Crippen LogP contribution in [0.4, 0.5) is 23.1 Å². The van der Waals surface area contributed by atoms with Gasteiger partial charge in [-0.25, -0.2) is 9.97 Å². The summed E-state index contributed by atoms with van der Waals surface area (Å²) in [6.45, 7) is 4.63. The average Bonchev–Trinajstić information content (AvgIpc) is 3.58. The summed E-state index contributed by atoms with van der Waals surface area (Å²) in [7, 11) is 1.62. The third-order valence-corrected chi connectivity index (χ3v) is 7.22. The van der Waals surface area contributed by atoms with Crippen LogP contribution in [-0.4, -0.2) is 59.5 Å². The van der Waals surface area contributed by atoms with Crippen molar-refractivity contribution in [3.8, 4) is 5.75 Å². The molecule has 1 saturated heterocycles. The number of morpholine rings is 1. The van der Waals surface area contributed by atoms with Gasteiger partial charge >= 0.3 is 0 Å². The number of benzene rings is 1. The van der Waals surface area contributed by atoms with E-state index in [9.17, 15) is 4.79 Å². The third kappa shape index (κ3) is 5.73. The molecule has 1 amide bonds. The van der Waals surface area contributed by atoms with Gasteiger partial charge in [-0.3, -0.25) is 9.89 Å². The van der Waals surface area contributed by atoms with Gasteiger partial charge < -0.3 is 25.0 Å². The van der Waals surface area contributed by atoms with Crippen molar-refractivity contribution in [3.05, 3.63) is 36.0 Å². The van der Waals surface area contributed by atoms with Crippen LogP contribution in [0.25, 0.3) is 0 Å². The summed E-state index contributed by atoms with van der Waals surface area (Å²) in [6, 6.07) is 9.70. The minimum absolute atomic E-state index is 0.117. The Bertz CT molecular complexity index is 1190. The lowest BCUT2D eigenvalue weighted by Gasteiger charge is -2.29. The number of rotatable bonds is 8. The Balaban J connectivity index is 1.38. The van der Waals surface area contributed by atoms with Gasteiger partial charge in [-0.1, -0.05) is 12.8 Å². The Labute approximate surface area is 214 Å². The van der Waals surface area contributed by atoms with Gasteiger partial charge in [0.1, 0.15) is 0 Å². The Morgan fingerprint density at radius 1 is 1.17 bits per heavy atom. The van der Waals surface area contributed by atoms with Crippen LogP contribution < -0.4 is 20.3 Å². The zero-order chi connectivity index (χ0) is 24.9. The normalized spacial score (nSPS) is 16.2. The molecule has 0 atom stereocenters. The Morgan fingerprint density at radius 2 is 1.92 bits per heavy atom. The second kappa shape index (κ2) is 11.2. The van der Waals surface area contributed by atoms with E-state index in [1.165, 1.54) is 11.8 Å². The van der Waals surface area contributed by atoms with Crippen molar-refractivity contribution in [1.29, 1.82) is 0 Å². The van der Waals surface area contributed by atoms with Crippen molar-refractivity contribution in [2.45, 2.75) is 42.7 Å². The fraction of sp³-hybridized carbons (Fsp3) is 0.440. The molecule has 2 aliphatic rings. The zero-order valence-electron chi connectivity index (χ0n) is 20.5. The molecule has 3 aromatic rings. The molecule has 1 saturated carbocycles. The predicted molar refractivity (Wildman–Crippen MR) is 139 cm³/mol. The number of aryl methyl sites for hydroxylation is 1. The van der Waals surface area contributed by atoms with Gasteiger partial charge in [0, 0.05) is 41.4 Å². The molecule has 0 spiro atoms. The summed E-state index contributed by atoms with van der Waals surface area (Å²) in [4.78, 5) is 25.2. The third-order valence-electron chi connectivity index (χ3n) is 6.35. The van der Waals surface area contributed by atoms with E-state index in [4.69, 9.17) is 19.4 Å². The van der Waals surface area contributed by atoms with Crippen LogP contribution in [-0.2, 0) is 9.53 Å². The van der Waals surface area contributed by atoms with E-state index in [2.05, 4.69) is 25.7 Å². The molecular formula is C25H31N7O3S. The van der Waals surface area contributed by atoms with Crippen molar-refractivity contribution in [3.63, 3.8) is 0 Å². The maximum absolute atomic E-state index is 12.5. The lowest BCUT2D eigenvalue weighted by molar-refractivity contribution is -0.119. The standard InChI is InChI=1S/C25H31N7O3S/c1-16-15-20(31-30-16)27-22-21(34-2)23(32-11-13-35-14-12-32)29-25(28-22)36-19-9-7-18(8-10-19)26-24(33)17-5-3-4-6-17/h7-10,15,17H,3-6,11-14H2,1-2H3,(H,26,33)(H2,27,28,29,30,31). The molecule has 3 N–H and O–H groups in total. The highest BCUT2D eigenvalue weighted by Crippen LogP contribution is 2.38.